The molecule has 0 fully saturated rings. The highest BCUT2D eigenvalue weighted by molar-refractivity contribution is 5.90. The fourth-order valence-electron chi connectivity index (χ4n) is 1.18. The van der Waals surface area contributed by atoms with Gasteiger partial charge in [0.25, 0.3) is 0 Å². The number of halogens is 1. The van der Waals surface area contributed by atoms with Crippen LogP contribution in [-0.2, 0) is 4.79 Å². The van der Waals surface area contributed by atoms with Crippen LogP contribution in [0.3, 0.4) is 0 Å². The fourth-order valence-corrected chi connectivity index (χ4v) is 1.18. The first-order chi connectivity index (χ1) is 7.99. The number of carbonyl (C=O) groups is 1. The van der Waals surface area contributed by atoms with Crippen LogP contribution in [-0.4, -0.2) is 18.3 Å². The molecule has 0 aliphatic heterocycles. The molecule has 0 bridgehead atoms. The first-order valence-electron chi connectivity index (χ1n) is 5.00. The van der Waals surface area contributed by atoms with Crippen LogP contribution in [0.5, 0.6) is 0 Å². The van der Waals surface area contributed by atoms with Crippen molar-refractivity contribution < 1.29 is 9.18 Å². The molecule has 0 aromatic heterocycles. The van der Waals surface area contributed by atoms with Crippen LogP contribution >= 0.6 is 0 Å². The molecule has 0 aliphatic carbocycles. The number of rotatable bonds is 4. The van der Waals surface area contributed by atoms with Crippen molar-refractivity contribution in [2.24, 2.45) is 10.7 Å². The van der Waals surface area contributed by atoms with Gasteiger partial charge in [-0.2, -0.15) is 0 Å². The second-order valence-corrected chi connectivity index (χ2v) is 3.48. The molecule has 1 rings (SSSR count). The molecule has 17 heavy (non-hydrogen) atoms. The van der Waals surface area contributed by atoms with Crippen LogP contribution in [0.1, 0.15) is 12.5 Å². The molecule has 0 heterocycles. The lowest BCUT2D eigenvalue weighted by molar-refractivity contribution is -0.116. The molecule has 5 heteroatoms. The third-order valence-corrected chi connectivity index (χ3v) is 2.00. The van der Waals surface area contributed by atoms with E-state index in [4.69, 9.17) is 5.73 Å². The minimum absolute atomic E-state index is 0.0739. The van der Waals surface area contributed by atoms with Gasteiger partial charge in [-0.3, -0.25) is 9.79 Å². The lowest BCUT2D eigenvalue weighted by Crippen LogP contribution is -2.21. The van der Waals surface area contributed by atoms with Gasteiger partial charge in [-0.25, -0.2) is 4.39 Å². The van der Waals surface area contributed by atoms with E-state index in [0.29, 0.717) is 11.5 Å². The summed E-state index contributed by atoms with van der Waals surface area (Å²) in [6, 6.07) is 5.90. The molecule has 0 atom stereocenters. The number of benzene rings is 1. The number of nitrogens with one attached hydrogen (secondary N) is 1. The van der Waals surface area contributed by atoms with E-state index < -0.39 is 5.91 Å². The molecular formula is C12H14FN3O. The van der Waals surface area contributed by atoms with Gasteiger partial charge in [-0.15, -0.1) is 0 Å². The Bertz CT molecular complexity index is 451. The molecule has 1 aromatic rings. The second-order valence-electron chi connectivity index (χ2n) is 3.48. The Labute approximate surface area is 99.0 Å². The van der Waals surface area contributed by atoms with E-state index in [1.165, 1.54) is 12.1 Å². The maximum absolute atomic E-state index is 12.7. The topological polar surface area (TPSA) is 67.5 Å². The molecule has 0 unspecified atom stereocenters. The standard InChI is InChI=1S/C12H14FN3O/c1-8(10-3-5-11(13)6-4-10)16-9(2)15-7-12(14)17/h3-6H,1,7H2,2H3,(H2,14,17)(H,15,16). The summed E-state index contributed by atoms with van der Waals surface area (Å²) in [6.07, 6.45) is 0. The number of amides is 1. The zero-order valence-corrected chi connectivity index (χ0v) is 9.53. The number of carbonyl (C=O) groups excluding carboxylic acids is 1. The van der Waals surface area contributed by atoms with Gasteiger partial charge in [0.2, 0.25) is 5.91 Å². The van der Waals surface area contributed by atoms with Gasteiger partial charge in [0, 0.05) is 5.70 Å². The molecule has 0 aliphatic rings. The van der Waals surface area contributed by atoms with Crippen molar-refractivity contribution in [1.29, 1.82) is 0 Å². The van der Waals surface area contributed by atoms with Gasteiger partial charge in [0.05, 0.1) is 5.84 Å². The smallest absolute Gasteiger partial charge is 0.239 e. The highest BCUT2D eigenvalue weighted by atomic mass is 19.1. The number of aliphatic imine (C=N–C) groups is 1. The number of hydrogen-bond acceptors (Lipinski definition) is 2. The van der Waals surface area contributed by atoms with E-state index in [1.807, 2.05) is 0 Å². The Morgan fingerprint density at radius 3 is 2.59 bits per heavy atom. The predicted molar refractivity (Wildman–Crippen MR) is 65.7 cm³/mol. The molecule has 0 saturated heterocycles. The summed E-state index contributed by atoms with van der Waals surface area (Å²) in [7, 11) is 0. The van der Waals surface area contributed by atoms with Crippen molar-refractivity contribution in [3.05, 3.63) is 42.2 Å². The Kier molecular flexibility index (Phi) is 4.39. The van der Waals surface area contributed by atoms with E-state index in [2.05, 4.69) is 16.9 Å². The van der Waals surface area contributed by atoms with Gasteiger partial charge in [-0.05, 0) is 24.6 Å². The number of nitrogens with two attached hydrogens (primary N) is 1. The van der Waals surface area contributed by atoms with Gasteiger partial charge >= 0.3 is 0 Å². The maximum Gasteiger partial charge on any atom is 0.239 e. The average Bonchev–Trinajstić information content (AvgIpc) is 2.27. The Hall–Kier alpha value is -2.17. The summed E-state index contributed by atoms with van der Waals surface area (Å²) in [5.74, 6) is -0.280. The van der Waals surface area contributed by atoms with Crippen molar-refractivity contribution >= 4 is 17.4 Å². The SMILES string of the molecule is C=C(NC(C)=NCC(N)=O)c1ccc(F)cc1. The molecule has 1 aromatic carbocycles. The number of primary amides is 1. The Balaban J connectivity index is 2.63. The van der Waals surface area contributed by atoms with E-state index in [1.54, 1.807) is 19.1 Å². The van der Waals surface area contributed by atoms with Crippen molar-refractivity contribution in [2.45, 2.75) is 6.92 Å². The Morgan fingerprint density at radius 2 is 2.06 bits per heavy atom. The minimum atomic E-state index is -0.501. The van der Waals surface area contributed by atoms with Crippen LogP contribution in [0.15, 0.2) is 35.8 Å². The number of amidine groups is 1. The summed E-state index contributed by atoms with van der Waals surface area (Å²) in [6.45, 7) is 5.41. The lowest BCUT2D eigenvalue weighted by atomic mass is 10.2. The molecule has 3 N–H and O–H groups in total. The molecule has 90 valence electrons. The van der Waals surface area contributed by atoms with E-state index >= 15 is 0 Å². The van der Waals surface area contributed by atoms with E-state index in [0.717, 1.165) is 5.56 Å². The summed E-state index contributed by atoms with van der Waals surface area (Å²) >= 11 is 0. The van der Waals surface area contributed by atoms with Gasteiger partial charge < -0.3 is 11.1 Å². The summed E-state index contributed by atoms with van der Waals surface area (Å²) in [4.78, 5) is 14.4. The largest absolute Gasteiger partial charge is 0.368 e. The first kappa shape index (κ1) is 12.9. The maximum atomic E-state index is 12.7. The van der Waals surface area contributed by atoms with E-state index in [-0.39, 0.29) is 12.4 Å². The van der Waals surface area contributed by atoms with Crippen LogP contribution in [0.25, 0.3) is 5.70 Å². The summed E-state index contributed by atoms with van der Waals surface area (Å²) in [5.41, 5.74) is 6.29. The van der Waals surface area contributed by atoms with Crippen LogP contribution in [0.4, 0.5) is 4.39 Å². The fraction of sp³-hybridized carbons (Fsp3) is 0.167. The summed E-state index contributed by atoms with van der Waals surface area (Å²) in [5, 5.41) is 2.90. The lowest BCUT2D eigenvalue weighted by Gasteiger charge is -2.09. The van der Waals surface area contributed by atoms with Gasteiger partial charge in [-0.1, -0.05) is 18.7 Å². The number of nitrogens with zero attached hydrogens (tertiary/aromatic N) is 1. The predicted octanol–water partition coefficient (Wildman–Crippen LogP) is 1.29. The van der Waals surface area contributed by atoms with Crippen LogP contribution < -0.4 is 11.1 Å². The van der Waals surface area contributed by atoms with Crippen LogP contribution in [0.2, 0.25) is 0 Å². The zero-order chi connectivity index (χ0) is 12.8. The third kappa shape index (κ3) is 4.46. The normalized spacial score (nSPS) is 11.1. The molecule has 0 saturated carbocycles. The van der Waals surface area contributed by atoms with Gasteiger partial charge in [0.1, 0.15) is 12.4 Å². The first-order valence-corrected chi connectivity index (χ1v) is 5.00. The highest BCUT2D eigenvalue weighted by Crippen LogP contribution is 2.10. The monoisotopic (exact) mass is 235 g/mol. The molecule has 0 radical (unpaired) electrons. The van der Waals surface area contributed by atoms with Crippen molar-refractivity contribution in [3.63, 3.8) is 0 Å². The highest BCUT2D eigenvalue weighted by Gasteiger charge is 2.00. The third-order valence-electron chi connectivity index (χ3n) is 2.00. The van der Waals surface area contributed by atoms with E-state index in [9.17, 15) is 9.18 Å². The van der Waals surface area contributed by atoms with Crippen molar-refractivity contribution in [1.82, 2.24) is 5.32 Å². The second kappa shape index (κ2) is 5.79. The van der Waals surface area contributed by atoms with Gasteiger partial charge in [0.15, 0.2) is 0 Å². The van der Waals surface area contributed by atoms with Crippen LogP contribution in [0, 0.1) is 5.82 Å². The number of hydrogen-bond donors (Lipinski definition) is 2. The molecular weight excluding hydrogens is 221 g/mol. The van der Waals surface area contributed by atoms with Crippen molar-refractivity contribution in [3.8, 4) is 0 Å². The molecule has 1 amide bonds. The molecule has 0 spiro atoms. The van der Waals surface area contributed by atoms with Crippen molar-refractivity contribution in [2.75, 3.05) is 6.54 Å². The molecule has 4 nitrogen and oxygen atoms in total. The quantitative estimate of drug-likeness (QED) is 0.610. The average molecular weight is 235 g/mol. The Morgan fingerprint density at radius 1 is 1.47 bits per heavy atom. The zero-order valence-electron chi connectivity index (χ0n) is 9.53. The minimum Gasteiger partial charge on any atom is -0.368 e. The summed E-state index contributed by atoms with van der Waals surface area (Å²) < 4.78 is 12.7.